The van der Waals surface area contributed by atoms with Crippen molar-refractivity contribution in [1.29, 1.82) is 0 Å². The SMILES string of the molecule is CC(C)(C)OC(=O)NC1=N[C@](C)(C2(C)C=C(NC(=O)c3ccc(OCC(F)(F)C(F)F)cn3)C=CC2F)[C@@H]2CCN=[S@]2(=O)C1(C)C. The molecule has 5 atom stereocenters. The van der Waals surface area contributed by atoms with Gasteiger partial charge in [-0.05, 0) is 78.3 Å². The molecule has 0 saturated heterocycles. The number of nitrogens with zero attached hydrogens (tertiary/aromatic N) is 3. The summed E-state index contributed by atoms with van der Waals surface area (Å²) >= 11 is 0. The van der Waals surface area contributed by atoms with E-state index in [0.29, 0.717) is 6.42 Å². The summed E-state index contributed by atoms with van der Waals surface area (Å²) in [4.78, 5) is 34.6. The van der Waals surface area contributed by atoms with Gasteiger partial charge in [-0.15, -0.1) is 0 Å². The molecule has 1 aromatic rings. The molecule has 0 radical (unpaired) electrons. The molecule has 2 amide bonds. The van der Waals surface area contributed by atoms with E-state index in [4.69, 9.17) is 9.73 Å². The zero-order valence-electron chi connectivity index (χ0n) is 26.5. The summed E-state index contributed by atoms with van der Waals surface area (Å²) < 4.78 is 95.2. The number of rotatable bonds is 7. The molecular formula is C30H38F5N5O5S. The van der Waals surface area contributed by atoms with Gasteiger partial charge < -0.3 is 14.8 Å². The molecule has 3 heterocycles. The average Bonchev–Trinajstić information content (AvgIpc) is 3.36. The molecule has 2 unspecified atom stereocenters. The summed E-state index contributed by atoms with van der Waals surface area (Å²) in [6, 6.07) is 2.27. The number of amides is 2. The highest BCUT2D eigenvalue weighted by molar-refractivity contribution is 7.96. The van der Waals surface area contributed by atoms with Crippen molar-refractivity contribution in [3.8, 4) is 5.75 Å². The third kappa shape index (κ3) is 6.36. The van der Waals surface area contributed by atoms with Crippen LogP contribution in [0, 0.1) is 5.41 Å². The number of alkyl carbamates (subject to hydrolysis) is 1. The Morgan fingerprint density at radius 2 is 1.80 bits per heavy atom. The fraction of sp³-hybridized carbons (Fsp3) is 0.600. The summed E-state index contributed by atoms with van der Waals surface area (Å²) in [7, 11) is -3.13. The van der Waals surface area contributed by atoms with Crippen LogP contribution < -0.4 is 15.4 Å². The van der Waals surface area contributed by atoms with E-state index in [1.165, 1.54) is 18.2 Å². The number of hydrogen-bond acceptors (Lipinski definition) is 8. The average molecular weight is 676 g/mol. The van der Waals surface area contributed by atoms with Crippen LogP contribution in [0.5, 0.6) is 5.75 Å². The number of amidine groups is 1. The molecule has 0 aromatic carbocycles. The summed E-state index contributed by atoms with van der Waals surface area (Å²) in [6.45, 7) is 10.3. The van der Waals surface area contributed by atoms with E-state index >= 15 is 4.39 Å². The predicted molar refractivity (Wildman–Crippen MR) is 162 cm³/mol. The standard InChI is InChI=1S/C30H38F5N5O5S/c1-26(2,3)45-25(42)39-24-27(4,5)46(43)21(12-13-37-46)29(7,40-24)28(6)14-17(8-11-20(28)31)38-22(41)19-10-9-18(15-36-19)44-16-30(34,35)23(32)33/h8-11,14-15,20-21,23H,12-13,16H2,1-7H3,(H,38,41)(H,39,40,42)/t20?,21-,28?,29-,46+/m0/s1. The van der Waals surface area contributed by atoms with E-state index in [1.807, 2.05) is 0 Å². The van der Waals surface area contributed by atoms with E-state index < -0.39 is 73.4 Å². The van der Waals surface area contributed by atoms with Crippen LogP contribution >= 0.6 is 0 Å². The first-order chi connectivity index (χ1) is 21.1. The van der Waals surface area contributed by atoms with E-state index in [9.17, 15) is 31.4 Å². The summed E-state index contributed by atoms with van der Waals surface area (Å²) in [6.07, 6.45) is -1.04. The number of ether oxygens (including phenoxy) is 2. The molecule has 46 heavy (non-hydrogen) atoms. The van der Waals surface area contributed by atoms with Crippen molar-refractivity contribution in [1.82, 2.24) is 15.6 Å². The number of aromatic nitrogens is 1. The smallest absolute Gasteiger partial charge is 0.413 e. The van der Waals surface area contributed by atoms with Crippen LogP contribution in [0.4, 0.5) is 26.7 Å². The fourth-order valence-electron chi connectivity index (χ4n) is 5.67. The maximum Gasteiger partial charge on any atom is 0.413 e. The zero-order chi connectivity index (χ0) is 34.5. The van der Waals surface area contributed by atoms with Gasteiger partial charge in [0.15, 0.2) is 6.61 Å². The number of hydrogen-bond donors (Lipinski definition) is 2. The number of pyridine rings is 1. The second-order valence-electron chi connectivity index (χ2n) is 13.3. The van der Waals surface area contributed by atoms with Crippen molar-refractivity contribution in [2.45, 2.75) is 94.5 Å². The quantitative estimate of drug-likeness (QED) is 0.362. The molecule has 10 nitrogen and oxygen atoms in total. The summed E-state index contributed by atoms with van der Waals surface area (Å²) in [5, 5.41) is 4.56. The number of carbonyl (C=O) groups is 2. The highest BCUT2D eigenvalue weighted by atomic mass is 32.2. The Bertz CT molecular complexity index is 1600. The number of aliphatic imine (C=N–C) groups is 1. The third-order valence-electron chi connectivity index (χ3n) is 8.49. The van der Waals surface area contributed by atoms with Crippen molar-refractivity contribution in [2.75, 3.05) is 13.2 Å². The third-order valence-corrected chi connectivity index (χ3v) is 12.2. The van der Waals surface area contributed by atoms with Crippen molar-refractivity contribution >= 4 is 27.6 Å². The van der Waals surface area contributed by atoms with Crippen molar-refractivity contribution < 1.29 is 45.2 Å². The second kappa shape index (κ2) is 11.9. The second-order valence-corrected chi connectivity index (χ2v) is 16.3. The highest BCUT2D eigenvalue weighted by Crippen LogP contribution is 2.54. The normalized spacial score (nSPS) is 30.5. The highest BCUT2D eigenvalue weighted by Gasteiger charge is 2.64. The van der Waals surface area contributed by atoms with Gasteiger partial charge in [0.25, 0.3) is 5.91 Å². The predicted octanol–water partition coefficient (Wildman–Crippen LogP) is 5.60. The largest absolute Gasteiger partial charge is 0.485 e. The maximum atomic E-state index is 16.1. The van der Waals surface area contributed by atoms with Crippen LogP contribution in [0.1, 0.15) is 65.4 Å². The molecule has 0 saturated carbocycles. The number of carbonyl (C=O) groups excluding carboxylic acids is 2. The van der Waals surface area contributed by atoms with Gasteiger partial charge in [0.05, 0.1) is 26.7 Å². The monoisotopic (exact) mass is 675 g/mol. The first kappa shape index (κ1) is 35.3. The Labute approximate surface area is 264 Å². The van der Waals surface area contributed by atoms with Crippen molar-refractivity contribution in [3.05, 3.63) is 47.9 Å². The van der Waals surface area contributed by atoms with E-state index in [2.05, 4.69) is 24.7 Å². The lowest BCUT2D eigenvalue weighted by Gasteiger charge is -2.53. The molecule has 0 fully saturated rings. The van der Waals surface area contributed by atoms with Gasteiger partial charge in [-0.3, -0.25) is 15.1 Å². The van der Waals surface area contributed by atoms with Gasteiger partial charge in [-0.1, -0.05) is 6.92 Å². The van der Waals surface area contributed by atoms with Gasteiger partial charge in [0, 0.05) is 17.7 Å². The van der Waals surface area contributed by atoms with Crippen LogP contribution in [0.3, 0.4) is 0 Å². The summed E-state index contributed by atoms with van der Waals surface area (Å²) in [5.41, 5.74) is -3.77. The lowest BCUT2D eigenvalue weighted by atomic mass is 9.64. The Kier molecular flexibility index (Phi) is 9.14. The van der Waals surface area contributed by atoms with E-state index in [-0.39, 0.29) is 29.5 Å². The summed E-state index contributed by atoms with van der Waals surface area (Å²) in [5.74, 6) is -5.33. The van der Waals surface area contributed by atoms with Gasteiger partial charge >= 0.3 is 18.4 Å². The molecule has 2 N–H and O–H groups in total. The Balaban J connectivity index is 1.64. The van der Waals surface area contributed by atoms with Gasteiger partial charge in [0.2, 0.25) is 0 Å². The molecule has 254 valence electrons. The zero-order valence-corrected chi connectivity index (χ0v) is 27.3. The van der Waals surface area contributed by atoms with Gasteiger partial charge in [0.1, 0.15) is 33.8 Å². The van der Waals surface area contributed by atoms with Gasteiger partial charge in [-0.25, -0.2) is 31.5 Å². The minimum Gasteiger partial charge on any atom is -0.485 e. The Hall–Kier alpha value is -3.56. The Morgan fingerprint density at radius 1 is 1.13 bits per heavy atom. The molecule has 2 aliphatic heterocycles. The van der Waals surface area contributed by atoms with Crippen LogP contribution in [0.15, 0.2) is 51.6 Å². The minimum absolute atomic E-state index is 0.0379. The number of halogens is 5. The lowest BCUT2D eigenvalue weighted by molar-refractivity contribution is -0.148. The number of allylic oxidation sites excluding steroid dienone is 2. The molecule has 4 rings (SSSR count). The first-order valence-corrected chi connectivity index (χ1v) is 16.1. The lowest BCUT2D eigenvalue weighted by Crippen LogP contribution is -2.67. The van der Waals surface area contributed by atoms with Crippen molar-refractivity contribution in [2.24, 2.45) is 14.8 Å². The number of nitrogens with one attached hydrogen (secondary N) is 2. The van der Waals surface area contributed by atoms with Crippen LogP contribution in [0.25, 0.3) is 0 Å². The molecule has 1 aromatic heterocycles. The van der Waals surface area contributed by atoms with Crippen LogP contribution in [-0.4, -0.2) is 79.8 Å². The molecule has 1 aliphatic carbocycles. The Morgan fingerprint density at radius 3 is 2.39 bits per heavy atom. The van der Waals surface area contributed by atoms with Crippen molar-refractivity contribution in [3.63, 3.8) is 0 Å². The van der Waals surface area contributed by atoms with Crippen LogP contribution in [-0.2, 0) is 14.5 Å². The van der Waals surface area contributed by atoms with E-state index in [0.717, 1.165) is 18.3 Å². The molecule has 16 heteroatoms. The van der Waals surface area contributed by atoms with Crippen LogP contribution in [0.2, 0.25) is 0 Å². The van der Waals surface area contributed by atoms with Gasteiger partial charge in [-0.2, -0.15) is 8.78 Å². The molecule has 0 spiro atoms. The number of fused-ring (bicyclic) bond motifs is 1. The molecule has 0 bridgehead atoms. The van der Waals surface area contributed by atoms with E-state index in [1.54, 1.807) is 48.5 Å². The first-order valence-electron chi connectivity index (χ1n) is 14.5. The number of alkyl halides is 5. The fourth-order valence-corrected chi connectivity index (χ4v) is 8.99. The minimum atomic E-state index is -4.36. The molecule has 3 aliphatic rings. The topological polar surface area (TPSA) is 131 Å². The molecular weight excluding hydrogens is 637 g/mol. The maximum absolute atomic E-state index is 16.1.